The molecule has 0 bridgehead atoms. The van der Waals surface area contributed by atoms with Gasteiger partial charge in [0.1, 0.15) is 18.4 Å². The molecule has 0 atom stereocenters. The van der Waals surface area contributed by atoms with Gasteiger partial charge in [-0.15, -0.1) is 11.3 Å². The second-order valence-electron chi connectivity index (χ2n) is 5.17. The molecule has 4 rings (SSSR count). The minimum absolute atomic E-state index is 0.102. The van der Waals surface area contributed by atoms with Gasteiger partial charge in [0.15, 0.2) is 10.8 Å². The van der Waals surface area contributed by atoms with Crippen LogP contribution in [0.1, 0.15) is 0 Å². The van der Waals surface area contributed by atoms with Crippen LogP contribution in [-0.2, 0) is 11.3 Å². The lowest BCUT2D eigenvalue weighted by atomic mass is 10.2. The first-order chi connectivity index (χ1) is 12.2. The molecular formula is C16H11ClN6OS. The Morgan fingerprint density at radius 1 is 1.28 bits per heavy atom. The fourth-order valence-corrected chi connectivity index (χ4v) is 3.33. The van der Waals surface area contributed by atoms with E-state index < -0.39 is 0 Å². The van der Waals surface area contributed by atoms with E-state index in [0.717, 1.165) is 11.3 Å². The molecule has 4 aromatic rings. The standard InChI is InChI=1S/C16H11ClN6OS/c17-11-4-2-1-3-10(11)12-7-25-16(21-12)22-14(24)6-23-9-20-15-13(23)5-18-8-19-15/h1-5,7-9H,6H2,(H,21,22,24). The van der Waals surface area contributed by atoms with E-state index in [4.69, 9.17) is 11.6 Å². The molecule has 1 amide bonds. The molecule has 1 aromatic carbocycles. The summed E-state index contributed by atoms with van der Waals surface area (Å²) < 4.78 is 1.69. The van der Waals surface area contributed by atoms with Crippen LogP contribution in [0.4, 0.5) is 5.13 Å². The first-order valence-electron chi connectivity index (χ1n) is 7.32. The summed E-state index contributed by atoms with van der Waals surface area (Å²) in [7, 11) is 0. The number of aromatic nitrogens is 5. The first kappa shape index (κ1) is 15.7. The van der Waals surface area contributed by atoms with Crippen molar-refractivity contribution in [1.82, 2.24) is 24.5 Å². The highest BCUT2D eigenvalue weighted by molar-refractivity contribution is 7.14. The van der Waals surface area contributed by atoms with Crippen LogP contribution in [-0.4, -0.2) is 30.4 Å². The number of carbonyl (C=O) groups is 1. The van der Waals surface area contributed by atoms with Crippen LogP contribution in [0.25, 0.3) is 22.4 Å². The van der Waals surface area contributed by atoms with E-state index in [2.05, 4.69) is 25.3 Å². The molecule has 3 heterocycles. The molecule has 0 aliphatic carbocycles. The van der Waals surface area contributed by atoms with Gasteiger partial charge in [-0.3, -0.25) is 4.79 Å². The number of carbonyl (C=O) groups excluding carboxylic acids is 1. The van der Waals surface area contributed by atoms with Crippen molar-refractivity contribution in [3.63, 3.8) is 0 Å². The van der Waals surface area contributed by atoms with Gasteiger partial charge in [0, 0.05) is 16.0 Å². The lowest BCUT2D eigenvalue weighted by Crippen LogP contribution is -2.18. The number of benzene rings is 1. The average molecular weight is 371 g/mol. The predicted molar refractivity (Wildman–Crippen MR) is 96.5 cm³/mol. The lowest BCUT2D eigenvalue weighted by Gasteiger charge is -2.04. The van der Waals surface area contributed by atoms with Gasteiger partial charge in [-0.25, -0.2) is 19.9 Å². The minimum Gasteiger partial charge on any atom is -0.318 e. The Labute approximate surface area is 151 Å². The number of rotatable bonds is 4. The number of amides is 1. The van der Waals surface area contributed by atoms with Gasteiger partial charge in [0.05, 0.1) is 18.2 Å². The molecule has 0 unspecified atom stereocenters. The second-order valence-corrected chi connectivity index (χ2v) is 6.44. The average Bonchev–Trinajstić information content (AvgIpc) is 3.23. The van der Waals surface area contributed by atoms with Crippen molar-refractivity contribution in [2.24, 2.45) is 0 Å². The maximum absolute atomic E-state index is 12.3. The number of nitrogens with one attached hydrogen (secondary N) is 1. The van der Waals surface area contributed by atoms with E-state index >= 15 is 0 Å². The van der Waals surface area contributed by atoms with Crippen LogP contribution in [0.5, 0.6) is 0 Å². The fraction of sp³-hybridized carbons (Fsp3) is 0.0625. The molecule has 0 aliphatic rings. The van der Waals surface area contributed by atoms with E-state index in [1.165, 1.54) is 17.7 Å². The highest BCUT2D eigenvalue weighted by atomic mass is 35.5. The molecule has 0 saturated heterocycles. The highest BCUT2D eigenvalue weighted by Crippen LogP contribution is 2.30. The number of halogens is 1. The molecule has 25 heavy (non-hydrogen) atoms. The van der Waals surface area contributed by atoms with Gasteiger partial charge in [-0.1, -0.05) is 29.8 Å². The third-order valence-corrected chi connectivity index (χ3v) is 4.60. The Bertz CT molecular complexity index is 1060. The second kappa shape index (κ2) is 6.58. The highest BCUT2D eigenvalue weighted by Gasteiger charge is 2.12. The van der Waals surface area contributed by atoms with E-state index in [1.807, 2.05) is 23.6 Å². The summed E-state index contributed by atoms with van der Waals surface area (Å²) in [5.74, 6) is -0.205. The smallest absolute Gasteiger partial charge is 0.246 e. The Morgan fingerprint density at radius 2 is 2.16 bits per heavy atom. The van der Waals surface area contributed by atoms with Gasteiger partial charge in [0.25, 0.3) is 0 Å². The summed E-state index contributed by atoms with van der Waals surface area (Å²) in [5.41, 5.74) is 2.82. The summed E-state index contributed by atoms with van der Waals surface area (Å²) in [6.45, 7) is 0.102. The number of nitrogens with zero attached hydrogens (tertiary/aromatic N) is 5. The third kappa shape index (κ3) is 3.21. The molecule has 0 radical (unpaired) electrons. The molecule has 3 aromatic heterocycles. The number of imidazole rings is 1. The molecule has 7 nitrogen and oxygen atoms in total. The number of hydrogen-bond acceptors (Lipinski definition) is 6. The Morgan fingerprint density at radius 3 is 3.04 bits per heavy atom. The Balaban J connectivity index is 1.49. The van der Waals surface area contributed by atoms with Crippen molar-refractivity contribution in [2.75, 3.05) is 5.32 Å². The van der Waals surface area contributed by atoms with E-state index in [9.17, 15) is 4.79 Å². The molecule has 124 valence electrons. The van der Waals surface area contributed by atoms with Crippen LogP contribution < -0.4 is 5.32 Å². The van der Waals surface area contributed by atoms with Crippen molar-refractivity contribution in [3.8, 4) is 11.3 Å². The quantitative estimate of drug-likeness (QED) is 0.596. The van der Waals surface area contributed by atoms with Gasteiger partial charge in [-0.05, 0) is 6.07 Å². The SMILES string of the molecule is O=C(Cn1cnc2ncncc21)Nc1nc(-c2ccccc2Cl)cs1. The molecule has 1 N–H and O–H groups in total. The lowest BCUT2D eigenvalue weighted by molar-refractivity contribution is -0.116. The van der Waals surface area contributed by atoms with Crippen molar-refractivity contribution in [3.05, 3.63) is 53.5 Å². The zero-order chi connectivity index (χ0) is 17.2. The van der Waals surface area contributed by atoms with E-state index in [1.54, 1.807) is 23.2 Å². The Hall–Kier alpha value is -2.84. The third-order valence-electron chi connectivity index (χ3n) is 3.52. The summed E-state index contributed by atoms with van der Waals surface area (Å²) in [6.07, 6.45) is 4.61. The van der Waals surface area contributed by atoms with Gasteiger partial charge in [0.2, 0.25) is 5.91 Å². The van der Waals surface area contributed by atoms with Crippen LogP contribution in [0.2, 0.25) is 5.02 Å². The zero-order valence-corrected chi connectivity index (χ0v) is 14.3. The number of hydrogen-bond donors (Lipinski definition) is 1. The normalized spacial score (nSPS) is 10.9. The monoisotopic (exact) mass is 370 g/mol. The van der Waals surface area contributed by atoms with E-state index in [-0.39, 0.29) is 12.5 Å². The van der Waals surface area contributed by atoms with Gasteiger partial charge in [-0.2, -0.15) is 0 Å². The van der Waals surface area contributed by atoms with Crippen LogP contribution in [0.15, 0.2) is 48.5 Å². The van der Waals surface area contributed by atoms with Gasteiger partial charge < -0.3 is 9.88 Å². The first-order valence-corrected chi connectivity index (χ1v) is 8.57. The van der Waals surface area contributed by atoms with Gasteiger partial charge >= 0.3 is 0 Å². The van der Waals surface area contributed by atoms with Crippen molar-refractivity contribution in [2.45, 2.75) is 6.54 Å². The number of thiazole rings is 1. The topological polar surface area (TPSA) is 85.6 Å². The largest absolute Gasteiger partial charge is 0.318 e. The summed E-state index contributed by atoms with van der Waals surface area (Å²) in [6, 6.07) is 7.45. The maximum Gasteiger partial charge on any atom is 0.246 e. The molecule has 0 aliphatic heterocycles. The van der Waals surface area contributed by atoms with Crippen molar-refractivity contribution >= 4 is 45.1 Å². The summed E-state index contributed by atoms with van der Waals surface area (Å²) >= 11 is 7.53. The summed E-state index contributed by atoms with van der Waals surface area (Å²) in [5, 5.41) is 5.78. The fourth-order valence-electron chi connectivity index (χ4n) is 2.37. The number of fused-ring (bicyclic) bond motifs is 1. The van der Waals surface area contributed by atoms with Crippen LogP contribution in [0, 0.1) is 0 Å². The molecule has 9 heteroatoms. The maximum atomic E-state index is 12.3. The van der Waals surface area contributed by atoms with Crippen LogP contribution in [0.3, 0.4) is 0 Å². The molecule has 0 saturated carbocycles. The predicted octanol–water partition coefficient (Wildman–Crippen LogP) is 3.24. The van der Waals surface area contributed by atoms with Crippen molar-refractivity contribution in [1.29, 1.82) is 0 Å². The van der Waals surface area contributed by atoms with Crippen molar-refractivity contribution < 1.29 is 4.79 Å². The zero-order valence-electron chi connectivity index (χ0n) is 12.8. The molecule has 0 spiro atoms. The number of anilines is 1. The minimum atomic E-state index is -0.205. The molecular weight excluding hydrogens is 360 g/mol. The van der Waals surface area contributed by atoms with E-state index in [0.29, 0.717) is 21.3 Å². The summed E-state index contributed by atoms with van der Waals surface area (Å²) in [4.78, 5) is 28.8. The van der Waals surface area contributed by atoms with Crippen LogP contribution >= 0.6 is 22.9 Å². The Kier molecular flexibility index (Phi) is 4.12. The molecule has 0 fully saturated rings.